The van der Waals surface area contributed by atoms with Crippen molar-refractivity contribution in [2.45, 2.75) is 13.3 Å². The average molecular weight is 260 g/mol. The number of carbonyl (C=O) groups is 1. The van der Waals surface area contributed by atoms with E-state index in [2.05, 4.69) is 9.97 Å². The van der Waals surface area contributed by atoms with Gasteiger partial charge in [-0.3, -0.25) is 4.79 Å². The van der Waals surface area contributed by atoms with E-state index in [9.17, 15) is 9.59 Å². The molecular weight excluding hydrogens is 248 g/mol. The fourth-order valence-corrected chi connectivity index (χ4v) is 1.60. The molecule has 0 radical (unpaired) electrons. The lowest BCUT2D eigenvalue weighted by Crippen LogP contribution is -2.11. The number of hydrogen-bond acceptors (Lipinski definition) is 4. The molecule has 0 atom stereocenters. The monoisotopic (exact) mass is 260 g/mol. The number of benzene rings is 1. The van der Waals surface area contributed by atoms with E-state index in [1.54, 1.807) is 31.2 Å². The number of carboxylic acids is 1. The van der Waals surface area contributed by atoms with Crippen LogP contribution >= 0.6 is 0 Å². The van der Waals surface area contributed by atoms with Crippen LogP contribution in [0, 0.1) is 6.92 Å². The molecule has 1 aromatic heterocycles. The van der Waals surface area contributed by atoms with E-state index in [0.29, 0.717) is 22.8 Å². The van der Waals surface area contributed by atoms with Crippen molar-refractivity contribution in [3.63, 3.8) is 0 Å². The van der Waals surface area contributed by atoms with E-state index in [4.69, 9.17) is 9.84 Å². The van der Waals surface area contributed by atoms with Crippen LogP contribution in [0.25, 0.3) is 0 Å². The van der Waals surface area contributed by atoms with Gasteiger partial charge in [-0.25, -0.2) is 4.79 Å². The van der Waals surface area contributed by atoms with E-state index in [0.717, 1.165) is 0 Å². The van der Waals surface area contributed by atoms with E-state index in [1.165, 1.54) is 6.20 Å². The standard InChI is InChI=1S/C13H12N2O4/c1-8-11(7-14-13(18)15-8)19-10-5-3-2-4-9(10)6-12(16)17/h2-5,7H,6H2,1H3,(H,16,17)(H,14,15,18). The number of rotatable bonds is 4. The zero-order valence-electron chi connectivity index (χ0n) is 10.2. The molecule has 0 aliphatic carbocycles. The molecule has 2 aromatic rings. The zero-order chi connectivity index (χ0) is 13.8. The number of para-hydroxylation sites is 1. The maximum Gasteiger partial charge on any atom is 0.345 e. The summed E-state index contributed by atoms with van der Waals surface area (Å²) in [4.78, 5) is 27.9. The van der Waals surface area contributed by atoms with Gasteiger partial charge in [0.2, 0.25) is 0 Å². The summed E-state index contributed by atoms with van der Waals surface area (Å²) in [5.74, 6) is -0.119. The van der Waals surface area contributed by atoms with Gasteiger partial charge < -0.3 is 14.8 Å². The summed E-state index contributed by atoms with van der Waals surface area (Å²) in [6, 6.07) is 6.83. The van der Waals surface area contributed by atoms with Gasteiger partial charge in [0.1, 0.15) is 5.75 Å². The molecule has 2 rings (SSSR count). The highest BCUT2D eigenvalue weighted by atomic mass is 16.5. The van der Waals surface area contributed by atoms with Crippen LogP contribution in [-0.4, -0.2) is 21.0 Å². The molecule has 0 bridgehead atoms. The van der Waals surface area contributed by atoms with Gasteiger partial charge in [0.05, 0.1) is 18.3 Å². The molecular formula is C13H12N2O4. The Labute approximate surface area is 108 Å². The fourth-order valence-electron chi connectivity index (χ4n) is 1.60. The lowest BCUT2D eigenvalue weighted by atomic mass is 10.1. The number of aryl methyl sites for hydroxylation is 1. The third kappa shape index (κ3) is 3.19. The van der Waals surface area contributed by atoms with Gasteiger partial charge in [-0.2, -0.15) is 4.98 Å². The minimum absolute atomic E-state index is 0.133. The number of nitrogens with zero attached hydrogens (tertiary/aromatic N) is 1. The number of carboxylic acid groups (broad SMARTS) is 1. The van der Waals surface area contributed by atoms with Crippen molar-refractivity contribution in [1.29, 1.82) is 0 Å². The first-order valence-electron chi connectivity index (χ1n) is 5.60. The second-order valence-electron chi connectivity index (χ2n) is 3.96. The predicted octanol–water partition coefficient (Wildman–Crippen LogP) is 1.50. The molecule has 0 spiro atoms. The predicted molar refractivity (Wildman–Crippen MR) is 67.5 cm³/mol. The minimum Gasteiger partial charge on any atom is -0.481 e. The SMILES string of the molecule is Cc1[nH]c(=O)ncc1Oc1ccccc1CC(=O)O. The molecule has 0 saturated heterocycles. The van der Waals surface area contributed by atoms with E-state index < -0.39 is 11.7 Å². The van der Waals surface area contributed by atoms with Crippen LogP contribution in [0.3, 0.4) is 0 Å². The Kier molecular flexibility index (Phi) is 3.61. The highest BCUT2D eigenvalue weighted by molar-refractivity contribution is 5.71. The maximum atomic E-state index is 11.0. The molecule has 98 valence electrons. The summed E-state index contributed by atoms with van der Waals surface area (Å²) < 4.78 is 5.60. The van der Waals surface area contributed by atoms with Crippen molar-refractivity contribution in [3.05, 3.63) is 52.2 Å². The Bertz CT molecular complexity index is 664. The lowest BCUT2D eigenvalue weighted by molar-refractivity contribution is -0.136. The van der Waals surface area contributed by atoms with Gasteiger partial charge in [0.25, 0.3) is 0 Å². The first-order valence-corrected chi connectivity index (χ1v) is 5.60. The van der Waals surface area contributed by atoms with Crippen molar-refractivity contribution in [3.8, 4) is 11.5 Å². The Morgan fingerprint density at radius 3 is 2.79 bits per heavy atom. The van der Waals surface area contributed by atoms with Crippen molar-refractivity contribution in [1.82, 2.24) is 9.97 Å². The molecule has 0 saturated carbocycles. The summed E-state index contributed by atoms with van der Waals surface area (Å²) in [5.41, 5.74) is 0.634. The second-order valence-corrected chi connectivity index (χ2v) is 3.96. The second kappa shape index (κ2) is 5.34. The first-order chi connectivity index (χ1) is 9.06. The smallest absolute Gasteiger partial charge is 0.345 e. The van der Waals surface area contributed by atoms with Crippen LogP contribution in [0.15, 0.2) is 35.3 Å². The van der Waals surface area contributed by atoms with Crippen LogP contribution in [-0.2, 0) is 11.2 Å². The molecule has 0 aliphatic rings. The van der Waals surface area contributed by atoms with E-state index in [-0.39, 0.29) is 6.42 Å². The van der Waals surface area contributed by atoms with Crippen molar-refractivity contribution >= 4 is 5.97 Å². The number of aromatic nitrogens is 2. The first kappa shape index (κ1) is 12.8. The summed E-state index contributed by atoms with van der Waals surface area (Å²) in [5, 5.41) is 8.83. The average Bonchev–Trinajstić information content (AvgIpc) is 2.34. The number of nitrogens with one attached hydrogen (secondary N) is 1. The molecule has 6 heteroatoms. The molecule has 0 fully saturated rings. The Morgan fingerprint density at radius 2 is 2.11 bits per heavy atom. The third-order valence-electron chi connectivity index (χ3n) is 2.50. The van der Waals surface area contributed by atoms with Crippen LogP contribution < -0.4 is 10.4 Å². The van der Waals surface area contributed by atoms with Gasteiger partial charge >= 0.3 is 11.7 Å². The van der Waals surface area contributed by atoms with Crippen molar-refractivity contribution < 1.29 is 14.6 Å². The number of aliphatic carboxylic acids is 1. The molecule has 2 N–H and O–H groups in total. The molecule has 6 nitrogen and oxygen atoms in total. The van der Waals surface area contributed by atoms with Gasteiger partial charge in [-0.1, -0.05) is 18.2 Å². The molecule has 0 aliphatic heterocycles. The Morgan fingerprint density at radius 1 is 1.37 bits per heavy atom. The lowest BCUT2D eigenvalue weighted by Gasteiger charge is -2.10. The zero-order valence-corrected chi connectivity index (χ0v) is 10.2. The Hall–Kier alpha value is -2.63. The van der Waals surface area contributed by atoms with Gasteiger partial charge in [-0.15, -0.1) is 0 Å². The van der Waals surface area contributed by atoms with Gasteiger partial charge in [-0.05, 0) is 13.0 Å². The quantitative estimate of drug-likeness (QED) is 0.869. The largest absolute Gasteiger partial charge is 0.481 e. The fraction of sp³-hybridized carbons (Fsp3) is 0.154. The van der Waals surface area contributed by atoms with Crippen LogP contribution in [0.2, 0.25) is 0 Å². The number of aromatic amines is 1. The van der Waals surface area contributed by atoms with Gasteiger partial charge in [0.15, 0.2) is 5.75 Å². The van der Waals surface area contributed by atoms with Crippen LogP contribution in [0.5, 0.6) is 11.5 Å². The third-order valence-corrected chi connectivity index (χ3v) is 2.50. The number of H-pyrrole nitrogens is 1. The maximum absolute atomic E-state index is 11.0. The summed E-state index contributed by atoms with van der Waals surface area (Å²) in [6.45, 7) is 1.68. The summed E-state index contributed by atoms with van der Waals surface area (Å²) in [6.07, 6.45) is 1.18. The summed E-state index contributed by atoms with van der Waals surface area (Å²) in [7, 11) is 0. The number of ether oxygens (including phenoxy) is 1. The molecule has 0 unspecified atom stereocenters. The molecule has 1 aromatic carbocycles. The number of hydrogen-bond donors (Lipinski definition) is 2. The normalized spacial score (nSPS) is 10.2. The van der Waals surface area contributed by atoms with Crippen LogP contribution in [0.4, 0.5) is 0 Å². The molecule has 0 amide bonds. The Balaban J connectivity index is 2.32. The van der Waals surface area contributed by atoms with Crippen molar-refractivity contribution in [2.75, 3.05) is 0 Å². The molecule has 1 heterocycles. The topological polar surface area (TPSA) is 92.3 Å². The van der Waals surface area contributed by atoms with Crippen molar-refractivity contribution in [2.24, 2.45) is 0 Å². The van der Waals surface area contributed by atoms with Crippen LogP contribution in [0.1, 0.15) is 11.3 Å². The highest BCUT2D eigenvalue weighted by Gasteiger charge is 2.10. The van der Waals surface area contributed by atoms with E-state index in [1.807, 2.05) is 0 Å². The minimum atomic E-state index is -0.938. The van der Waals surface area contributed by atoms with E-state index >= 15 is 0 Å². The summed E-state index contributed by atoms with van der Waals surface area (Å²) >= 11 is 0. The van der Waals surface area contributed by atoms with Gasteiger partial charge in [0, 0.05) is 5.56 Å². The highest BCUT2D eigenvalue weighted by Crippen LogP contribution is 2.26. The molecule has 19 heavy (non-hydrogen) atoms.